The lowest BCUT2D eigenvalue weighted by Crippen LogP contribution is -2.16. The van der Waals surface area contributed by atoms with E-state index in [1.54, 1.807) is 0 Å². The van der Waals surface area contributed by atoms with Crippen LogP contribution in [0.15, 0.2) is 18.7 Å². The molecule has 0 saturated heterocycles. The number of ether oxygens (including phenoxy) is 1. The molecular weight excluding hydrogens is 296 g/mol. The zero-order valence-electron chi connectivity index (χ0n) is 16.2. The summed E-state index contributed by atoms with van der Waals surface area (Å²) in [6, 6.07) is 0. The molecule has 24 heavy (non-hydrogen) atoms. The quantitative estimate of drug-likeness (QED) is 0.309. The van der Waals surface area contributed by atoms with Crippen molar-refractivity contribution in [1.29, 1.82) is 0 Å². The molecule has 140 valence electrons. The third kappa shape index (κ3) is 11.7. The van der Waals surface area contributed by atoms with Gasteiger partial charge in [0.25, 0.3) is 0 Å². The lowest BCUT2D eigenvalue weighted by Gasteiger charge is -2.18. The predicted molar refractivity (Wildman–Crippen MR) is 103 cm³/mol. The van der Waals surface area contributed by atoms with Gasteiger partial charge in [0.1, 0.15) is 0 Å². The lowest BCUT2D eigenvalue weighted by molar-refractivity contribution is 0.0346. The van der Waals surface area contributed by atoms with Crippen LogP contribution in [-0.4, -0.2) is 22.3 Å². The summed E-state index contributed by atoms with van der Waals surface area (Å²) in [4.78, 5) is 4.13. The zero-order chi connectivity index (χ0) is 17.3. The van der Waals surface area contributed by atoms with E-state index < -0.39 is 0 Å². The fraction of sp³-hybridized carbons (Fsp3) is 0.857. The maximum absolute atomic E-state index is 6.21. The van der Waals surface area contributed by atoms with Crippen LogP contribution < -0.4 is 0 Å². The highest BCUT2D eigenvalue weighted by Gasteiger charge is 2.09. The predicted octanol–water partition coefficient (Wildman–Crippen LogP) is 6.38. The van der Waals surface area contributed by atoms with Crippen molar-refractivity contribution >= 4 is 0 Å². The first-order valence-electron chi connectivity index (χ1n) is 10.4. The van der Waals surface area contributed by atoms with Gasteiger partial charge in [-0.15, -0.1) is 0 Å². The summed E-state index contributed by atoms with van der Waals surface area (Å²) in [5.41, 5.74) is 0. The molecule has 1 heterocycles. The molecule has 0 aliphatic carbocycles. The molecule has 0 fully saturated rings. The molecule has 1 aromatic rings. The number of rotatable bonds is 17. The zero-order valence-corrected chi connectivity index (χ0v) is 16.2. The first-order valence-corrected chi connectivity index (χ1v) is 10.4. The SMILES string of the molecule is CCCCCCCCC(CCn1ccnc1)OCCCCCCC. The lowest BCUT2D eigenvalue weighted by atomic mass is 10.1. The molecule has 0 N–H and O–H groups in total. The first kappa shape index (κ1) is 21.2. The monoisotopic (exact) mass is 336 g/mol. The van der Waals surface area contributed by atoms with E-state index in [0.29, 0.717) is 6.10 Å². The second-order valence-corrected chi connectivity index (χ2v) is 7.05. The van der Waals surface area contributed by atoms with Crippen molar-refractivity contribution in [3.8, 4) is 0 Å². The van der Waals surface area contributed by atoms with E-state index in [-0.39, 0.29) is 0 Å². The van der Waals surface area contributed by atoms with Crippen LogP contribution in [0.4, 0.5) is 0 Å². The third-order valence-electron chi connectivity index (χ3n) is 4.75. The Morgan fingerprint density at radius 2 is 1.50 bits per heavy atom. The molecule has 0 spiro atoms. The Bertz CT molecular complexity index is 335. The number of aryl methyl sites for hydroxylation is 1. The van der Waals surface area contributed by atoms with Gasteiger partial charge in [0.15, 0.2) is 0 Å². The summed E-state index contributed by atoms with van der Waals surface area (Å²) < 4.78 is 8.38. The summed E-state index contributed by atoms with van der Waals surface area (Å²) in [7, 11) is 0. The normalized spacial score (nSPS) is 12.6. The van der Waals surface area contributed by atoms with Crippen LogP contribution in [0, 0.1) is 0 Å². The first-order chi connectivity index (χ1) is 11.9. The fourth-order valence-corrected chi connectivity index (χ4v) is 3.13. The minimum Gasteiger partial charge on any atom is -0.378 e. The Balaban J connectivity index is 2.16. The Morgan fingerprint density at radius 1 is 0.833 bits per heavy atom. The van der Waals surface area contributed by atoms with Crippen molar-refractivity contribution in [3.63, 3.8) is 0 Å². The molecule has 1 rings (SSSR count). The summed E-state index contributed by atoms with van der Waals surface area (Å²) in [6.45, 7) is 6.51. The third-order valence-corrected chi connectivity index (χ3v) is 4.75. The fourth-order valence-electron chi connectivity index (χ4n) is 3.13. The molecule has 3 nitrogen and oxygen atoms in total. The Morgan fingerprint density at radius 3 is 2.17 bits per heavy atom. The topological polar surface area (TPSA) is 27.1 Å². The van der Waals surface area contributed by atoms with E-state index in [1.165, 1.54) is 77.0 Å². The standard InChI is InChI=1S/C21H40N2O/c1-3-5-7-9-10-12-14-21(15-17-23-18-16-22-20-23)24-19-13-11-8-6-4-2/h16,18,20-21H,3-15,17,19H2,1-2H3. The molecule has 0 bridgehead atoms. The Hall–Kier alpha value is -0.830. The van der Waals surface area contributed by atoms with Crippen molar-refractivity contribution in [2.45, 2.75) is 110 Å². The van der Waals surface area contributed by atoms with Crippen LogP contribution in [0.5, 0.6) is 0 Å². The van der Waals surface area contributed by atoms with Crippen LogP contribution in [-0.2, 0) is 11.3 Å². The van der Waals surface area contributed by atoms with Gasteiger partial charge in [0.05, 0.1) is 12.4 Å². The van der Waals surface area contributed by atoms with Crippen molar-refractivity contribution in [2.24, 2.45) is 0 Å². The molecule has 0 saturated carbocycles. The van der Waals surface area contributed by atoms with E-state index in [0.717, 1.165) is 19.6 Å². The second kappa shape index (κ2) is 15.7. The maximum Gasteiger partial charge on any atom is 0.0945 e. The number of imidazole rings is 1. The molecule has 1 aromatic heterocycles. The van der Waals surface area contributed by atoms with E-state index in [2.05, 4.69) is 23.4 Å². The highest BCUT2D eigenvalue weighted by molar-refractivity contribution is 4.74. The molecule has 0 aromatic carbocycles. The summed E-state index contributed by atoms with van der Waals surface area (Å²) in [6.07, 6.45) is 23.3. The van der Waals surface area contributed by atoms with Crippen molar-refractivity contribution in [1.82, 2.24) is 9.55 Å². The largest absolute Gasteiger partial charge is 0.378 e. The summed E-state index contributed by atoms with van der Waals surface area (Å²) in [5, 5.41) is 0. The summed E-state index contributed by atoms with van der Waals surface area (Å²) >= 11 is 0. The van der Waals surface area contributed by atoms with E-state index in [1.807, 2.05) is 18.7 Å². The van der Waals surface area contributed by atoms with Crippen molar-refractivity contribution in [2.75, 3.05) is 6.61 Å². The minimum absolute atomic E-state index is 0.421. The van der Waals surface area contributed by atoms with Crippen LogP contribution >= 0.6 is 0 Å². The van der Waals surface area contributed by atoms with E-state index in [4.69, 9.17) is 4.74 Å². The van der Waals surface area contributed by atoms with Gasteiger partial charge in [-0.1, -0.05) is 78.1 Å². The smallest absolute Gasteiger partial charge is 0.0945 e. The molecule has 0 aliphatic heterocycles. The number of hydrogen-bond acceptors (Lipinski definition) is 2. The molecule has 0 radical (unpaired) electrons. The number of nitrogens with zero attached hydrogens (tertiary/aromatic N) is 2. The molecular formula is C21H40N2O. The number of unbranched alkanes of at least 4 members (excludes halogenated alkanes) is 9. The minimum atomic E-state index is 0.421. The second-order valence-electron chi connectivity index (χ2n) is 7.05. The van der Waals surface area contributed by atoms with Crippen LogP contribution in [0.1, 0.15) is 97.3 Å². The van der Waals surface area contributed by atoms with E-state index >= 15 is 0 Å². The van der Waals surface area contributed by atoms with Gasteiger partial charge in [-0.2, -0.15) is 0 Å². The van der Waals surface area contributed by atoms with Crippen molar-refractivity contribution < 1.29 is 4.74 Å². The van der Waals surface area contributed by atoms with Gasteiger partial charge < -0.3 is 9.30 Å². The highest BCUT2D eigenvalue weighted by Crippen LogP contribution is 2.14. The molecule has 0 aliphatic rings. The van der Waals surface area contributed by atoms with Gasteiger partial charge in [-0.05, 0) is 19.3 Å². The Kier molecular flexibility index (Phi) is 13.9. The van der Waals surface area contributed by atoms with Gasteiger partial charge in [-0.3, -0.25) is 0 Å². The highest BCUT2D eigenvalue weighted by atomic mass is 16.5. The van der Waals surface area contributed by atoms with Gasteiger partial charge in [-0.25, -0.2) is 4.98 Å². The maximum atomic E-state index is 6.21. The average Bonchev–Trinajstić information content (AvgIpc) is 3.11. The molecule has 3 heteroatoms. The van der Waals surface area contributed by atoms with Crippen LogP contribution in [0.3, 0.4) is 0 Å². The van der Waals surface area contributed by atoms with Crippen LogP contribution in [0.25, 0.3) is 0 Å². The average molecular weight is 337 g/mol. The summed E-state index contributed by atoms with van der Waals surface area (Å²) in [5.74, 6) is 0. The van der Waals surface area contributed by atoms with Crippen molar-refractivity contribution in [3.05, 3.63) is 18.7 Å². The van der Waals surface area contributed by atoms with Gasteiger partial charge in [0, 0.05) is 25.5 Å². The van der Waals surface area contributed by atoms with E-state index in [9.17, 15) is 0 Å². The molecule has 0 amide bonds. The van der Waals surface area contributed by atoms with Gasteiger partial charge >= 0.3 is 0 Å². The Labute approximate surface area is 150 Å². The van der Waals surface area contributed by atoms with Crippen LogP contribution in [0.2, 0.25) is 0 Å². The molecule has 1 atom stereocenters. The molecule has 1 unspecified atom stereocenters. The van der Waals surface area contributed by atoms with Gasteiger partial charge in [0.2, 0.25) is 0 Å². The number of hydrogen-bond donors (Lipinski definition) is 0. The number of aromatic nitrogens is 2.